The third-order valence-corrected chi connectivity index (χ3v) is 0.442. The van der Waals surface area contributed by atoms with Crippen LogP contribution in [0.1, 0.15) is 0 Å². The maximum Gasteiger partial charge on any atom is 0.204 e. The maximum absolute atomic E-state index is 7.80. The van der Waals surface area contributed by atoms with Gasteiger partial charge < -0.3 is 0 Å². The molecule has 5 N–H and O–H groups in total. The zero-order chi connectivity index (χ0) is 4.99. The van der Waals surface area contributed by atoms with Crippen LogP contribution in [0.5, 0.6) is 0 Å². The number of thiocarbonyl (C=S) groups is 1. The van der Waals surface area contributed by atoms with Gasteiger partial charge in [-0.2, -0.15) is 0 Å². The van der Waals surface area contributed by atoms with Crippen LogP contribution in [-0.2, 0) is 0 Å². The third kappa shape index (κ3) is 5.90. The van der Waals surface area contributed by atoms with Crippen molar-refractivity contribution < 1.29 is 5.21 Å². The molecule has 7 heavy (non-hydrogen) atoms. The molecule has 0 saturated heterocycles. The molecule has 0 atom stereocenters. The van der Waals surface area contributed by atoms with E-state index in [-0.39, 0.29) is 17.5 Å². The van der Waals surface area contributed by atoms with Crippen LogP contribution in [0.4, 0.5) is 0 Å². The Hall–Kier alpha value is -0.100. The standard InChI is InChI=1S/CH5N3OS.ClH/c2-3-1(6)4-5;/h5H,2H2,(H2,3,4,6);1H. The molecule has 0 aliphatic carbocycles. The summed E-state index contributed by atoms with van der Waals surface area (Å²) in [5, 5.41) is 7.81. The highest BCUT2D eigenvalue weighted by atomic mass is 35.5. The first-order valence-electron chi connectivity index (χ1n) is 1.22. The minimum absolute atomic E-state index is 0. The van der Waals surface area contributed by atoms with Gasteiger partial charge in [0.2, 0.25) is 5.11 Å². The predicted molar refractivity (Wildman–Crippen MR) is 32.1 cm³/mol. The summed E-state index contributed by atoms with van der Waals surface area (Å²) < 4.78 is 0. The van der Waals surface area contributed by atoms with Gasteiger partial charge in [0.25, 0.3) is 0 Å². The zero-order valence-electron chi connectivity index (χ0n) is 3.34. The number of halogens is 1. The number of hydrazine groups is 1. The smallest absolute Gasteiger partial charge is 0.204 e. The fourth-order valence-electron chi connectivity index (χ4n) is 0.0323. The summed E-state index contributed by atoms with van der Waals surface area (Å²) in [6, 6.07) is 0. The van der Waals surface area contributed by atoms with Gasteiger partial charge in [-0.25, -0.2) is 11.3 Å². The molecule has 0 heterocycles. The van der Waals surface area contributed by atoms with E-state index in [0.29, 0.717) is 0 Å². The van der Waals surface area contributed by atoms with Gasteiger partial charge in [-0.15, -0.1) is 12.4 Å². The van der Waals surface area contributed by atoms with E-state index in [0.717, 1.165) is 0 Å². The summed E-state index contributed by atoms with van der Waals surface area (Å²) in [6.45, 7) is 0. The topological polar surface area (TPSA) is 70.3 Å². The van der Waals surface area contributed by atoms with Gasteiger partial charge in [0.1, 0.15) is 0 Å². The molecular formula is CH6ClN3OS. The lowest BCUT2D eigenvalue weighted by Crippen LogP contribution is -2.37. The second-order valence-electron chi connectivity index (χ2n) is 0.585. The molecule has 0 aromatic rings. The molecule has 0 aromatic carbocycles. The Balaban J connectivity index is 0. The van der Waals surface area contributed by atoms with E-state index in [4.69, 9.17) is 5.21 Å². The van der Waals surface area contributed by atoms with Crippen LogP contribution in [0.15, 0.2) is 0 Å². The number of nitrogens with two attached hydrogens (primary N) is 1. The van der Waals surface area contributed by atoms with Crippen molar-refractivity contribution in [3.8, 4) is 0 Å². The first-order chi connectivity index (χ1) is 2.81. The van der Waals surface area contributed by atoms with Crippen LogP contribution in [0, 0.1) is 0 Å². The van der Waals surface area contributed by atoms with Crippen LogP contribution in [0.3, 0.4) is 0 Å². The van der Waals surface area contributed by atoms with Gasteiger partial charge in [-0.05, 0) is 12.2 Å². The Morgan fingerprint density at radius 2 is 2.14 bits per heavy atom. The average Bonchev–Trinajstić information content (AvgIpc) is 1.65. The summed E-state index contributed by atoms with van der Waals surface area (Å²) in [5.74, 6) is 4.67. The lowest BCUT2D eigenvalue weighted by atomic mass is 11.2. The Kier molecular flexibility index (Phi) is 8.43. The van der Waals surface area contributed by atoms with Crippen molar-refractivity contribution in [1.29, 1.82) is 0 Å². The highest BCUT2D eigenvalue weighted by Crippen LogP contribution is 1.49. The largest absolute Gasteiger partial charge is 0.299 e. The SMILES string of the molecule is Cl.NNC(=S)NO. The molecule has 0 bridgehead atoms. The lowest BCUT2D eigenvalue weighted by molar-refractivity contribution is 0.233. The lowest BCUT2D eigenvalue weighted by Gasteiger charge is -1.94. The van der Waals surface area contributed by atoms with E-state index in [1.165, 1.54) is 0 Å². The minimum atomic E-state index is 0. The molecule has 0 aliphatic rings. The molecule has 4 nitrogen and oxygen atoms in total. The van der Waals surface area contributed by atoms with Crippen molar-refractivity contribution in [3.05, 3.63) is 0 Å². The molecule has 0 spiro atoms. The van der Waals surface area contributed by atoms with Crippen LogP contribution >= 0.6 is 24.6 Å². The maximum atomic E-state index is 7.80. The Bertz CT molecular complexity index is 52.9. The van der Waals surface area contributed by atoms with Crippen molar-refractivity contribution in [3.63, 3.8) is 0 Å². The van der Waals surface area contributed by atoms with Crippen LogP contribution in [0.2, 0.25) is 0 Å². The van der Waals surface area contributed by atoms with Crippen molar-refractivity contribution in [2.75, 3.05) is 0 Å². The van der Waals surface area contributed by atoms with Gasteiger partial charge in [-0.3, -0.25) is 10.6 Å². The highest BCUT2D eigenvalue weighted by Gasteiger charge is 1.77. The quantitative estimate of drug-likeness (QED) is 0.202. The number of nitrogens with one attached hydrogen (secondary N) is 2. The van der Waals surface area contributed by atoms with Crippen LogP contribution in [0.25, 0.3) is 0 Å². The normalized spacial score (nSPS) is 6.00. The molecule has 0 amide bonds. The molecule has 0 rings (SSSR count). The second-order valence-corrected chi connectivity index (χ2v) is 0.994. The summed E-state index contributed by atoms with van der Waals surface area (Å²) >= 11 is 4.26. The van der Waals surface area contributed by atoms with Gasteiger partial charge in [-0.1, -0.05) is 0 Å². The zero-order valence-corrected chi connectivity index (χ0v) is 4.97. The number of hydroxylamine groups is 1. The van der Waals surface area contributed by atoms with E-state index >= 15 is 0 Å². The Labute approximate surface area is 52.4 Å². The summed E-state index contributed by atoms with van der Waals surface area (Å²) in [6.07, 6.45) is 0. The molecule has 0 fully saturated rings. The average molecular weight is 144 g/mol. The van der Waals surface area contributed by atoms with E-state index in [9.17, 15) is 0 Å². The number of hydrogen-bond acceptors (Lipinski definition) is 3. The summed E-state index contributed by atoms with van der Waals surface area (Å²) in [5.41, 5.74) is 3.59. The summed E-state index contributed by atoms with van der Waals surface area (Å²) in [7, 11) is 0. The first-order valence-corrected chi connectivity index (χ1v) is 1.62. The summed E-state index contributed by atoms with van der Waals surface area (Å²) in [4.78, 5) is 0. The molecule has 0 aromatic heterocycles. The van der Waals surface area contributed by atoms with E-state index in [1.54, 1.807) is 5.48 Å². The van der Waals surface area contributed by atoms with Crippen molar-refractivity contribution in [1.82, 2.24) is 10.9 Å². The Morgan fingerprint density at radius 1 is 1.71 bits per heavy atom. The van der Waals surface area contributed by atoms with E-state index in [1.807, 2.05) is 5.43 Å². The van der Waals surface area contributed by atoms with E-state index in [2.05, 4.69) is 18.1 Å². The fourth-order valence-corrected chi connectivity index (χ4v) is 0.0323. The number of rotatable bonds is 0. The van der Waals surface area contributed by atoms with Gasteiger partial charge in [0.05, 0.1) is 0 Å². The van der Waals surface area contributed by atoms with Gasteiger partial charge in [0, 0.05) is 0 Å². The van der Waals surface area contributed by atoms with Crippen LogP contribution in [-0.4, -0.2) is 10.3 Å². The molecule has 0 saturated carbocycles. The molecule has 44 valence electrons. The van der Waals surface area contributed by atoms with Crippen molar-refractivity contribution in [2.45, 2.75) is 0 Å². The highest BCUT2D eigenvalue weighted by molar-refractivity contribution is 7.80. The molecule has 0 radical (unpaired) electrons. The molecule has 6 heteroatoms. The van der Waals surface area contributed by atoms with Gasteiger partial charge in [0.15, 0.2) is 0 Å². The van der Waals surface area contributed by atoms with Crippen LogP contribution < -0.4 is 16.7 Å². The minimum Gasteiger partial charge on any atom is -0.299 e. The Morgan fingerprint density at radius 3 is 2.14 bits per heavy atom. The monoisotopic (exact) mass is 143 g/mol. The third-order valence-electron chi connectivity index (χ3n) is 0.233. The molecular weight excluding hydrogens is 138 g/mol. The van der Waals surface area contributed by atoms with E-state index < -0.39 is 0 Å². The van der Waals surface area contributed by atoms with Crippen molar-refractivity contribution in [2.24, 2.45) is 5.84 Å². The number of hydrogen-bond donors (Lipinski definition) is 4. The van der Waals surface area contributed by atoms with Crippen molar-refractivity contribution >= 4 is 29.7 Å². The first kappa shape index (κ1) is 10.0. The van der Waals surface area contributed by atoms with Gasteiger partial charge >= 0.3 is 0 Å². The molecule has 0 aliphatic heterocycles. The second kappa shape index (κ2) is 5.90. The fraction of sp³-hybridized carbons (Fsp3) is 0. The predicted octanol–water partition coefficient (Wildman–Crippen LogP) is -0.865. The molecule has 0 unspecified atom stereocenters.